The molecule has 3 heterocycles. The van der Waals surface area contributed by atoms with Crippen molar-refractivity contribution in [1.29, 1.82) is 0 Å². The van der Waals surface area contributed by atoms with E-state index >= 15 is 0 Å². The van der Waals surface area contributed by atoms with Crippen LogP contribution in [0.1, 0.15) is 22.6 Å². The number of ether oxygens (including phenoxy) is 3. The molecule has 4 atom stereocenters. The molecule has 8 rings (SSSR count). The van der Waals surface area contributed by atoms with Crippen LogP contribution in [0.2, 0.25) is 0 Å². The highest BCUT2D eigenvalue weighted by atomic mass is 16.7. The fourth-order valence-corrected chi connectivity index (χ4v) is 6.92. The Morgan fingerprint density at radius 1 is 0.884 bits per heavy atom. The molecule has 1 aliphatic carbocycles. The summed E-state index contributed by atoms with van der Waals surface area (Å²) in [5.41, 5.74) is 2.39. The second-order valence-corrected chi connectivity index (χ2v) is 11.1. The van der Waals surface area contributed by atoms with Gasteiger partial charge in [-0.2, -0.15) is 0 Å². The Balaban J connectivity index is 1.34. The highest BCUT2D eigenvalue weighted by molar-refractivity contribution is 6.25. The number of amides is 2. The van der Waals surface area contributed by atoms with Gasteiger partial charge in [0.25, 0.3) is 5.69 Å². The van der Waals surface area contributed by atoms with Gasteiger partial charge in [0, 0.05) is 29.0 Å². The molecule has 4 aromatic carbocycles. The van der Waals surface area contributed by atoms with Crippen LogP contribution in [-0.4, -0.2) is 29.5 Å². The van der Waals surface area contributed by atoms with Crippen molar-refractivity contribution < 1.29 is 33.5 Å². The predicted molar refractivity (Wildman–Crippen MR) is 154 cm³/mol. The standard InChI is InChI=1S/C33H22N2O8/c1-16-6-9-19(35(39)40)13-24(16)34-31(36)27-22(18-8-11-25-26(12-18)42-15-41-25)14-23-21-10-7-17-4-2-3-5-20(17)30(21)43-33(38)28(23)29(27)32(34)37/h2-14,22,27-29H,15H2,1H3/t22-,27+,28+,29-/m0/s1. The van der Waals surface area contributed by atoms with Crippen LogP contribution in [0, 0.1) is 34.8 Å². The highest BCUT2D eigenvalue weighted by Gasteiger charge is 2.60. The highest BCUT2D eigenvalue weighted by Crippen LogP contribution is 2.56. The van der Waals surface area contributed by atoms with E-state index in [9.17, 15) is 24.5 Å². The zero-order chi connectivity index (χ0) is 29.6. The molecule has 0 N–H and O–H groups in total. The number of benzene rings is 4. The molecule has 212 valence electrons. The Labute approximate surface area is 244 Å². The van der Waals surface area contributed by atoms with Crippen molar-refractivity contribution in [1.82, 2.24) is 0 Å². The zero-order valence-electron chi connectivity index (χ0n) is 22.7. The molecule has 3 aliphatic heterocycles. The maximum Gasteiger partial charge on any atom is 0.319 e. The lowest BCUT2D eigenvalue weighted by atomic mass is 9.64. The van der Waals surface area contributed by atoms with Crippen LogP contribution in [0.4, 0.5) is 11.4 Å². The Kier molecular flexibility index (Phi) is 5.27. The van der Waals surface area contributed by atoms with Crippen molar-refractivity contribution in [2.45, 2.75) is 12.8 Å². The summed E-state index contributed by atoms with van der Waals surface area (Å²) in [5, 5.41) is 13.2. The molecular formula is C33H22N2O8. The second kappa shape index (κ2) is 8.99. The number of allylic oxidation sites excluding steroid dienone is 1. The van der Waals surface area contributed by atoms with Crippen molar-refractivity contribution in [2.75, 3.05) is 11.7 Å². The topological polar surface area (TPSA) is 125 Å². The van der Waals surface area contributed by atoms with Gasteiger partial charge in [-0.05, 0) is 41.1 Å². The summed E-state index contributed by atoms with van der Waals surface area (Å²) in [5.74, 6) is -3.95. The van der Waals surface area contributed by atoms with Crippen molar-refractivity contribution in [3.05, 3.63) is 106 Å². The van der Waals surface area contributed by atoms with Crippen LogP contribution >= 0.6 is 0 Å². The number of rotatable bonds is 3. The van der Waals surface area contributed by atoms with Crippen LogP contribution in [0.25, 0.3) is 16.3 Å². The first kappa shape index (κ1) is 25.2. The van der Waals surface area contributed by atoms with Crippen molar-refractivity contribution in [2.24, 2.45) is 17.8 Å². The van der Waals surface area contributed by atoms with Gasteiger partial charge in [-0.3, -0.25) is 24.5 Å². The third kappa shape index (κ3) is 3.56. The molecule has 10 nitrogen and oxygen atoms in total. The smallest absolute Gasteiger partial charge is 0.319 e. The van der Waals surface area contributed by atoms with E-state index in [0.717, 1.165) is 15.7 Å². The second-order valence-electron chi connectivity index (χ2n) is 11.1. The van der Waals surface area contributed by atoms with Gasteiger partial charge in [-0.25, -0.2) is 4.90 Å². The van der Waals surface area contributed by atoms with Crippen LogP contribution in [0.15, 0.2) is 78.9 Å². The average Bonchev–Trinajstić information content (AvgIpc) is 3.58. The minimum atomic E-state index is -1.09. The lowest BCUT2D eigenvalue weighted by molar-refractivity contribution is -0.384. The molecule has 0 bridgehead atoms. The monoisotopic (exact) mass is 574 g/mol. The summed E-state index contributed by atoms with van der Waals surface area (Å²) in [7, 11) is 0. The first-order valence-corrected chi connectivity index (χ1v) is 13.8. The SMILES string of the molecule is Cc1ccc([N+](=O)[O-])cc1N1C(=O)[C@@H]2[C@@H]3C(=O)Oc4c(ccc5ccccc45)C3=C[C@@H](c3ccc4c(c3)OCO4)[C@H]2C1=O. The molecule has 2 amide bonds. The molecule has 4 aromatic rings. The Hall–Kier alpha value is -5.51. The first-order chi connectivity index (χ1) is 20.8. The number of nitro benzene ring substituents is 1. The van der Waals surface area contributed by atoms with Crippen LogP contribution in [0.3, 0.4) is 0 Å². The van der Waals surface area contributed by atoms with E-state index in [2.05, 4.69) is 0 Å². The van der Waals surface area contributed by atoms with Gasteiger partial charge in [-0.15, -0.1) is 0 Å². The maximum absolute atomic E-state index is 14.3. The van der Waals surface area contributed by atoms with E-state index < -0.39 is 46.4 Å². The lowest BCUT2D eigenvalue weighted by Gasteiger charge is -2.38. The van der Waals surface area contributed by atoms with E-state index in [1.807, 2.05) is 48.5 Å². The summed E-state index contributed by atoms with van der Waals surface area (Å²) < 4.78 is 17.0. The van der Waals surface area contributed by atoms with Gasteiger partial charge in [0.2, 0.25) is 18.6 Å². The van der Waals surface area contributed by atoms with Gasteiger partial charge in [-0.1, -0.05) is 54.6 Å². The largest absolute Gasteiger partial charge is 0.454 e. The first-order valence-electron chi connectivity index (χ1n) is 13.8. The number of non-ortho nitro benzene ring substituents is 1. The average molecular weight is 575 g/mol. The molecule has 0 spiro atoms. The summed E-state index contributed by atoms with van der Waals surface area (Å²) in [4.78, 5) is 54.5. The number of esters is 1. The molecule has 1 fully saturated rings. The summed E-state index contributed by atoms with van der Waals surface area (Å²) in [6.45, 7) is 1.75. The number of hydrogen-bond acceptors (Lipinski definition) is 8. The summed E-state index contributed by atoms with van der Waals surface area (Å²) in [6, 6.07) is 20.8. The van der Waals surface area contributed by atoms with E-state index in [4.69, 9.17) is 14.2 Å². The van der Waals surface area contributed by atoms with Gasteiger partial charge < -0.3 is 14.2 Å². The fourth-order valence-electron chi connectivity index (χ4n) is 6.92. The summed E-state index contributed by atoms with van der Waals surface area (Å²) >= 11 is 0. The lowest BCUT2D eigenvalue weighted by Crippen LogP contribution is -2.42. The van der Waals surface area contributed by atoms with Crippen molar-refractivity contribution in [3.63, 3.8) is 0 Å². The third-order valence-electron chi connectivity index (χ3n) is 8.91. The minimum Gasteiger partial charge on any atom is -0.454 e. The number of hydrogen-bond donors (Lipinski definition) is 0. The molecule has 43 heavy (non-hydrogen) atoms. The number of nitrogens with zero attached hydrogens (tertiary/aromatic N) is 2. The molecule has 0 unspecified atom stereocenters. The van der Waals surface area contributed by atoms with Crippen LogP contribution < -0.4 is 19.1 Å². The molecule has 0 radical (unpaired) electrons. The van der Waals surface area contributed by atoms with Crippen molar-refractivity contribution in [3.8, 4) is 17.2 Å². The fraction of sp³-hybridized carbons (Fsp3) is 0.182. The third-order valence-corrected chi connectivity index (χ3v) is 8.91. The van der Waals surface area contributed by atoms with E-state index in [0.29, 0.717) is 39.5 Å². The Bertz CT molecular complexity index is 1980. The van der Waals surface area contributed by atoms with Crippen molar-refractivity contribution >= 4 is 45.5 Å². The summed E-state index contributed by atoms with van der Waals surface area (Å²) in [6.07, 6.45) is 1.90. The molecule has 10 heteroatoms. The predicted octanol–water partition coefficient (Wildman–Crippen LogP) is 5.31. The van der Waals surface area contributed by atoms with Gasteiger partial charge in [0.1, 0.15) is 5.75 Å². The van der Waals surface area contributed by atoms with E-state index in [-0.39, 0.29) is 18.2 Å². The normalized spacial score (nSPS) is 23.4. The maximum atomic E-state index is 14.3. The van der Waals surface area contributed by atoms with E-state index in [1.54, 1.807) is 19.1 Å². The molecule has 1 saturated heterocycles. The quantitative estimate of drug-likeness (QED) is 0.106. The number of nitro groups is 1. The number of carbonyl (C=O) groups excluding carboxylic acids is 3. The number of anilines is 1. The Morgan fingerprint density at radius 2 is 1.67 bits per heavy atom. The minimum absolute atomic E-state index is 0.0716. The molecule has 0 aromatic heterocycles. The number of carbonyl (C=O) groups is 3. The van der Waals surface area contributed by atoms with Crippen LogP contribution in [-0.2, 0) is 14.4 Å². The number of aryl methyl sites for hydroxylation is 1. The van der Waals surface area contributed by atoms with Gasteiger partial charge in [0.05, 0.1) is 28.4 Å². The van der Waals surface area contributed by atoms with E-state index in [1.165, 1.54) is 18.2 Å². The van der Waals surface area contributed by atoms with Gasteiger partial charge in [0.15, 0.2) is 11.5 Å². The number of imide groups is 1. The molecular weight excluding hydrogens is 552 g/mol. The van der Waals surface area contributed by atoms with Gasteiger partial charge >= 0.3 is 5.97 Å². The number of fused-ring (bicyclic) bond motifs is 8. The molecule has 0 saturated carbocycles. The Morgan fingerprint density at radius 3 is 2.51 bits per heavy atom. The molecule has 4 aliphatic rings. The zero-order valence-corrected chi connectivity index (χ0v) is 22.7. The van der Waals surface area contributed by atoms with Crippen LogP contribution in [0.5, 0.6) is 17.2 Å².